The van der Waals surface area contributed by atoms with E-state index in [0.717, 1.165) is 24.5 Å². The summed E-state index contributed by atoms with van der Waals surface area (Å²) in [4.78, 5) is 28.0. The van der Waals surface area contributed by atoms with Crippen LogP contribution in [0.25, 0.3) is 0 Å². The molecule has 0 spiro atoms. The van der Waals surface area contributed by atoms with E-state index in [1.807, 2.05) is 17.9 Å². The molecule has 0 aliphatic carbocycles. The lowest BCUT2D eigenvalue weighted by Gasteiger charge is -2.34. The van der Waals surface area contributed by atoms with Gasteiger partial charge in [-0.25, -0.2) is 0 Å². The first-order valence-corrected chi connectivity index (χ1v) is 8.36. The Morgan fingerprint density at radius 3 is 2.72 bits per heavy atom. The number of hydrogen-bond donors (Lipinski definition) is 1. The average Bonchev–Trinajstić information content (AvgIpc) is 3.27. The van der Waals surface area contributed by atoms with Crippen LogP contribution in [0.2, 0.25) is 0 Å². The first-order valence-electron chi connectivity index (χ1n) is 8.36. The van der Waals surface area contributed by atoms with E-state index in [2.05, 4.69) is 15.4 Å². The van der Waals surface area contributed by atoms with Crippen molar-refractivity contribution in [1.82, 2.24) is 20.3 Å². The SMILES string of the molecule is Cc1cc(CN2CCN(C(=O)CCNC(=O)c3ccco3)CC2)on1. The van der Waals surface area contributed by atoms with E-state index in [4.69, 9.17) is 8.94 Å². The number of carbonyl (C=O) groups is 2. The molecule has 8 heteroatoms. The van der Waals surface area contributed by atoms with Crippen molar-refractivity contribution in [2.45, 2.75) is 19.9 Å². The third-order valence-electron chi connectivity index (χ3n) is 4.15. The minimum atomic E-state index is -0.301. The van der Waals surface area contributed by atoms with Crippen molar-refractivity contribution >= 4 is 11.8 Å². The van der Waals surface area contributed by atoms with E-state index in [-0.39, 0.29) is 24.0 Å². The molecule has 8 nitrogen and oxygen atoms in total. The smallest absolute Gasteiger partial charge is 0.286 e. The number of piperazine rings is 1. The summed E-state index contributed by atoms with van der Waals surface area (Å²) in [5.41, 5.74) is 0.875. The van der Waals surface area contributed by atoms with Crippen molar-refractivity contribution in [3.05, 3.63) is 41.7 Å². The molecule has 0 aromatic carbocycles. The van der Waals surface area contributed by atoms with E-state index in [9.17, 15) is 9.59 Å². The molecule has 0 atom stereocenters. The van der Waals surface area contributed by atoms with Crippen LogP contribution in [0.3, 0.4) is 0 Å². The van der Waals surface area contributed by atoms with Crippen molar-refractivity contribution in [2.24, 2.45) is 0 Å². The quantitative estimate of drug-likeness (QED) is 0.840. The first kappa shape index (κ1) is 17.2. The lowest BCUT2D eigenvalue weighted by molar-refractivity contribution is -0.132. The van der Waals surface area contributed by atoms with Crippen molar-refractivity contribution in [2.75, 3.05) is 32.7 Å². The average molecular weight is 346 g/mol. The van der Waals surface area contributed by atoms with Crippen molar-refractivity contribution in [1.29, 1.82) is 0 Å². The van der Waals surface area contributed by atoms with Crippen LogP contribution in [-0.4, -0.2) is 59.5 Å². The van der Waals surface area contributed by atoms with Gasteiger partial charge in [0.1, 0.15) is 0 Å². The molecular weight excluding hydrogens is 324 g/mol. The number of carbonyl (C=O) groups excluding carboxylic acids is 2. The summed E-state index contributed by atoms with van der Waals surface area (Å²) >= 11 is 0. The molecule has 1 saturated heterocycles. The Labute approximate surface area is 145 Å². The molecule has 2 amide bonds. The lowest BCUT2D eigenvalue weighted by atomic mass is 10.2. The molecule has 1 aliphatic heterocycles. The molecule has 134 valence electrons. The molecule has 2 aromatic rings. The van der Waals surface area contributed by atoms with Crippen LogP contribution in [0.5, 0.6) is 0 Å². The topological polar surface area (TPSA) is 91.8 Å². The fourth-order valence-electron chi connectivity index (χ4n) is 2.80. The van der Waals surface area contributed by atoms with Crippen molar-refractivity contribution in [3.63, 3.8) is 0 Å². The van der Waals surface area contributed by atoms with Gasteiger partial charge in [-0.1, -0.05) is 5.16 Å². The van der Waals surface area contributed by atoms with E-state index in [0.29, 0.717) is 26.2 Å². The summed E-state index contributed by atoms with van der Waals surface area (Å²) < 4.78 is 10.2. The fourth-order valence-corrected chi connectivity index (χ4v) is 2.80. The highest BCUT2D eigenvalue weighted by atomic mass is 16.5. The van der Waals surface area contributed by atoms with Crippen LogP contribution in [-0.2, 0) is 11.3 Å². The summed E-state index contributed by atoms with van der Waals surface area (Å²) in [6, 6.07) is 5.17. The number of aromatic nitrogens is 1. The molecule has 3 heterocycles. The monoisotopic (exact) mass is 346 g/mol. The third kappa shape index (κ3) is 4.69. The molecule has 2 aromatic heterocycles. The molecule has 0 unspecified atom stereocenters. The van der Waals surface area contributed by atoms with Gasteiger partial charge in [-0.2, -0.15) is 0 Å². The summed E-state index contributed by atoms with van der Waals surface area (Å²) in [6.07, 6.45) is 1.73. The van der Waals surface area contributed by atoms with E-state index in [1.165, 1.54) is 6.26 Å². The van der Waals surface area contributed by atoms with Crippen LogP contribution in [0.15, 0.2) is 33.4 Å². The van der Waals surface area contributed by atoms with E-state index in [1.54, 1.807) is 12.1 Å². The zero-order valence-electron chi connectivity index (χ0n) is 14.2. The largest absolute Gasteiger partial charge is 0.459 e. The highest BCUT2D eigenvalue weighted by Gasteiger charge is 2.22. The van der Waals surface area contributed by atoms with Crippen LogP contribution in [0.4, 0.5) is 0 Å². The molecule has 0 radical (unpaired) electrons. The van der Waals surface area contributed by atoms with Gasteiger partial charge >= 0.3 is 0 Å². The standard InChI is InChI=1S/C17H22N4O4/c1-13-11-14(25-19-13)12-20-6-8-21(9-7-20)16(22)4-5-18-17(23)15-3-2-10-24-15/h2-3,10-11H,4-9,12H2,1H3,(H,18,23). The maximum atomic E-state index is 12.2. The molecule has 1 fully saturated rings. The third-order valence-corrected chi connectivity index (χ3v) is 4.15. The van der Waals surface area contributed by atoms with Crippen molar-refractivity contribution < 1.29 is 18.5 Å². The second-order valence-corrected chi connectivity index (χ2v) is 6.07. The maximum Gasteiger partial charge on any atom is 0.286 e. The van der Waals surface area contributed by atoms with Gasteiger partial charge in [0.05, 0.1) is 18.5 Å². The minimum absolute atomic E-state index is 0.0508. The predicted molar refractivity (Wildman–Crippen MR) is 88.8 cm³/mol. The Balaban J connectivity index is 1.36. The number of amides is 2. The van der Waals surface area contributed by atoms with Gasteiger partial charge in [0, 0.05) is 45.2 Å². The highest BCUT2D eigenvalue weighted by Crippen LogP contribution is 2.10. The summed E-state index contributed by atoms with van der Waals surface area (Å²) in [7, 11) is 0. The molecule has 25 heavy (non-hydrogen) atoms. The van der Waals surface area contributed by atoms with Gasteiger partial charge in [-0.3, -0.25) is 14.5 Å². The molecular formula is C17H22N4O4. The number of rotatable bonds is 6. The maximum absolute atomic E-state index is 12.2. The summed E-state index contributed by atoms with van der Waals surface area (Å²) in [5, 5.41) is 6.57. The van der Waals surface area contributed by atoms with Gasteiger partial charge in [0.2, 0.25) is 5.91 Å². The Morgan fingerprint density at radius 1 is 1.28 bits per heavy atom. The van der Waals surface area contributed by atoms with Gasteiger partial charge in [-0.05, 0) is 19.1 Å². The van der Waals surface area contributed by atoms with Crippen LogP contribution in [0, 0.1) is 6.92 Å². The van der Waals surface area contributed by atoms with Gasteiger partial charge < -0.3 is 19.2 Å². The summed E-state index contributed by atoms with van der Waals surface area (Å²) in [6.45, 7) is 5.86. The Morgan fingerprint density at radius 2 is 2.08 bits per heavy atom. The van der Waals surface area contributed by atoms with Gasteiger partial charge in [0.15, 0.2) is 11.5 Å². The minimum Gasteiger partial charge on any atom is -0.459 e. The number of furan rings is 1. The molecule has 0 saturated carbocycles. The predicted octanol–water partition coefficient (Wildman–Crippen LogP) is 1.04. The molecule has 3 rings (SSSR count). The van der Waals surface area contributed by atoms with Crippen LogP contribution in [0.1, 0.15) is 28.4 Å². The Hall–Kier alpha value is -2.61. The lowest BCUT2D eigenvalue weighted by Crippen LogP contribution is -2.48. The Bertz CT molecular complexity index is 702. The second-order valence-electron chi connectivity index (χ2n) is 6.07. The number of nitrogens with zero attached hydrogens (tertiary/aromatic N) is 3. The number of aryl methyl sites for hydroxylation is 1. The first-order chi connectivity index (χ1) is 12.1. The van der Waals surface area contributed by atoms with E-state index < -0.39 is 0 Å². The Kier molecular flexibility index (Phi) is 5.49. The van der Waals surface area contributed by atoms with Gasteiger partial charge in [-0.15, -0.1) is 0 Å². The second kappa shape index (κ2) is 7.98. The van der Waals surface area contributed by atoms with Crippen molar-refractivity contribution in [3.8, 4) is 0 Å². The van der Waals surface area contributed by atoms with Crippen LogP contribution < -0.4 is 5.32 Å². The molecule has 0 bridgehead atoms. The van der Waals surface area contributed by atoms with Gasteiger partial charge in [0.25, 0.3) is 5.91 Å². The highest BCUT2D eigenvalue weighted by molar-refractivity contribution is 5.91. The zero-order chi connectivity index (χ0) is 17.6. The van der Waals surface area contributed by atoms with E-state index >= 15 is 0 Å². The molecule has 1 N–H and O–H groups in total. The molecule has 1 aliphatic rings. The normalized spacial score (nSPS) is 15.3. The fraction of sp³-hybridized carbons (Fsp3) is 0.471. The van der Waals surface area contributed by atoms with Crippen LogP contribution >= 0.6 is 0 Å². The number of nitrogens with one attached hydrogen (secondary N) is 1. The zero-order valence-corrected chi connectivity index (χ0v) is 14.2. The summed E-state index contributed by atoms with van der Waals surface area (Å²) in [5.74, 6) is 0.849. The number of hydrogen-bond acceptors (Lipinski definition) is 6.